The van der Waals surface area contributed by atoms with Gasteiger partial charge in [-0.3, -0.25) is 4.79 Å². The van der Waals surface area contributed by atoms with Crippen LogP contribution in [0.15, 0.2) is 87.2 Å². The second-order valence-electron chi connectivity index (χ2n) is 10.6. The van der Waals surface area contributed by atoms with Crippen molar-refractivity contribution in [1.29, 1.82) is 0 Å². The Morgan fingerprint density at radius 2 is 1.73 bits per heavy atom. The Kier molecular flexibility index (Phi) is 7.61. The molecule has 0 aliphatic carbocycles. The molecule has 1 unspecified atom stereocenters. The van der Waals surface area contributed by atoms with Crippen LogP contribution in [0.1, 0.15) is 37.0 Å². The number of carbonyl (C=O) groups is 2. The molecule has 0 bridgehead atoms. The molecule has 41 heavy (non-hydrogen) atoms. The first-order valence-corrected chi connectivity index (χ1v) is 13.2. The lowest BCUT2D eigenvalue weighted by Gasteiger charge is -2.34. The van der Waals surface area contributed by atoms with Crippen molar-refractivity contribution in [3.05, 3.63) is 99.9 Å². The number of carboxylic acids is 1. The third-order valence-electron chi connectivity index (χ3n) is 6.87. The van der Waals surface area contributed by atoms with E-state index in [9.17, 15) is 19.5 Å². The van der Waals surface area contributed by atoms with Gasteiger partial charge >= 0.3 is 11.6 Å². The molecule has 2 heterocycles. The normalized spacial score (nSPS) is 15.5. The average molecular weight is 555 g/mol. The summed E-state index contributed by atoms with van der Waals surface area (Å²) in [6.45, 7) is 5.17. The van der Waals surface area contributed by atoms with Crippen LogP contribution in [0.4, 0.5) is 0 Å². The predicted molar refractivity (Wildman–Crippen MR) is 154 cm³/mol. The van der Waals surface area contributed by atoms with Gasteiger partial charge in [0.25, 0.3) is 5.91 Å². The summed E-state index contributed by atoms with van der Waals surface area (Å²) in [6, 6.07) is 20.8. The molecule has 2 N–H and O–H groups in total. The quantitative estimate of drug-likeness (QED) is 0.235. The Hall–Kier alpha value is -4.92. The fraction of sp³-hybridized carbons (Fsp3) is 0.250. The Morgan fingerprint density at radius 3 is 2.41 bits per heavy atom. The molecule has 1 aromatic heterocycles. The van der Waals surface area contributed by atoms with Crippen molar-refractivity contribution >= 4 is 28.6 Å². The van der Waals surface area contributed by atoms with Gasteiger partial charge in [-0.1, -0.05) is 65.8 Å². The Morgan fingerprint density at radius 1 is 1.05 bits per heavy atom. The molecule has 0 fully saturated rings. The number of nitrogens with zero attached hydrogens (tertiary/aromatic N) is 1. The van der Waals surface area contributed by atoms with E-state index in [1.54, 1.807) is 12.1 Å². The zero-order valence-corrected chi connectivity index (χ0v) is 23.0. The van der Waals surface area contributed by atoms with E-state index in [0.29, 0.717) is 45.5 Å². The molecule has 4 aromatic rings. The molecule has 5 rings (SSSR count). The summed E-state index contributed by atoms with van der Waals surface area (Å²) < 4.78 is 11.9. The lowest BCUT2D eigenvalue weighted by Crippen LogP contribution is -2.43. The maximum Gasteiger partial charge on any atom is 0.336 e. The Labute approximate surface area is 236 Å². The van der Waals surface area contributed by atoms with Crippen LogP contribution in [-0.4, -0.2) is 40.9 Å². The zero-order chi connectivity index (χ0) is 29.1. The van der Waals surface area contributed by atoms with Crippen molar-refractivity contribution in [2.45, 2.75) is 45.3 Å². The summed E-state index contributed by atoms with van der Waals surface area (Å²) in [7, 11) is 0. The fourth-order valence-corrected chi connectivity index (χ4v) is 4.99. The van der Waals surface area contributed by atoms with Crippen LogP contribution in [0, 0.1) is 6.92 Å². The van der Waals surface area contributed by atoms with Crippen LogP contribution in [0.3, 0.4) is 0 Å². The van der Waals surface area contributed by atoms with Crippen LogP contribution < -0.4 is 15.7 Å². The minimum atomic E-state index is -1.14. The van der Waals surface area contributed by atoms with Gasteiger partial charge in [-0.2, -0.15) is 0 Å². The van der Waals surface area contributed by atoms with Crippen LogP contribution >= 0.6 is 0 Å². The number of ether oxygens (including phenoxy) is 1. The Balaban J connectivity index is 1.43. The molecule has 210 valence electrons. The molecule has 3 aromatic carbocycles. The number of nitrogens with one attached hydrogen (secondary N) is 1. The lowest BCUT2D eigenvalue weighted by atomic mass is 9.88. The number of rotatable bonds is 8. The minimum Gasteiger partial charge on any atom is -0.486 e. The molecular formula is C32H30N2O7. The second kappa shape index (κ2) is 11.3. The van der Waals surface area contributed by atoms with Gasteiger partial charge in [0.2, 0.25) is 0 Å². The largest absolute Gasteiger partial charge is 0.486 e. The smallest absolute Gasteiger partial charge is 0.336 e. The van der Waals surface area contributed by atoms with Gasteiger partial charge in [0, 0.05) is 35.4 Å². The standard InChI is InChI=1S/C32H30N2O7/c1-19-29-23(22(16-28(36)40-29)21-12-8-5-9-13-21)15-24-26(17-32(2,3)41-30(19)24)34-39-18-27(35)33-25(31(37)38)14-20-10-6-4-7-11-20/h4-13,15-16,25H,14,17-18H2,1-3H3,(H,33,35)(H,37,38). The molecule has 1 amide bonds. The number of aliphatic carboxylic acids is 1. The van der Waals surface area contributed by atoms with E-state index in [0.717, 1.165) is 11.1 Å². The molecule has 0 radical (unpaired) electrons. The van der Waals surface area contributed by atoms with E-state index < -0.39 is 35.8 Å². The highest BCUT2D eigenvalue weighted by molar-refractivity contribution is 6.09. The van der Waals surface area contributed by atoms with Gasteiger partial charge in [0.05, 0.1) is 5.71 Å². The van der Waals surface area contributed by atoms with Gasteiger partial charge in [-0.25, -0.2) is 9.59 Å². The highest BCUT2D eigenvalue weighted by Gasteiger charge is 2.34. The number of hydrogen-bond acceptors (Lipinski definition) is 7. The van der Waals surface area contributed by atoms with Crippen LogP contribution in [-0.2, 0) is 20.8 Å². The third kappa shape index (κ3) is 6.14. The first-order chi connectivity index (χ1) is 19.6. The van der Waals surface area contributed by atoms with E-state index in [1.165, 1.54) is 6.07 Å². The van der Waals surface area contributed by atoms with Gasteiger partial charge < -0.3 is 24.4 Å². The molecule has 1 aliphatic rings. The van der Waals surface area contributed by atoms with E-state index in [4.69, 9.17) is 14.0 Å². The second-order valence-corrected chi connectivity index (χ2v) is 10.6. The fourth-order valence-electron chi connectivity index (χ4n) is 4.99. The summed E-state index contributed by atoms with van der Waals surface area (Å²) in [5.74, 6) is -1.23. The highest BCUT2D eigenvalue weighted by atomic mass is 16.6. The van der Waals surface area contributed by atoms with E-state index >= 15 is 0 Å². The summed E-state index contributed by atoms with van der Waals surface area (Å²) in [6.07, 6.45) is 0.525. The third-order valence-corrected chi connectivity index (χ3v) is 6.87. The first-order valence-electron chi connectivity index (χ1n) is 13.2. The molecular weight excluding hydrogens is 524 g/mol. The topological polar surface area (TPSA) is 127 Å². The number of fused-ring (bicyclic) bond motifs is 2. The molecule has 0 saturated carbocycles. The van der Waals surface area contributed by atoms with Gasteiger partial charge in [-0.05, 0) is 43.5 Å². The summed E-state index contributed by atoms with van der Waals surface area (Å²) in [5, 5.41) is 17.1. The number of benzene rings is 3. The minimum absolute atomic E-state index is 0.140. The van der Waals surface area contributed by atoms with Gasteiger partial charge in [0.15, 0.2) is 6.61 Å². The van der Waals surface area contributed by atoms with Crippen molar-refractivity contribution in [1.82, 2.24) is 5.32 Å². The number of oxime groups is 1. The van der Waals surface area contributed by atoms with Crippen molar-refractivity contribution < 1.29 is 28.7 Å². The average Bonchev–Trinajstić information content (AvgIpc) is 2.94. The molecule has 1 atom stereocenters. The lowest BCUT2D eigenvalue weighted by molar-refractivity contribution is -0.142. The maximum atomic E-state index is 12.6. The van der Waals surface area contributed by atoms with Crippen molar-refractivity contribution in [3.63, 3.8) is 0 Å². The molecule has 0 spiro atoms. The SMILES string of the molecule is Cc1c2c(cc3c(-c4ccccc4)cc(=O)oc13)C(=NOCC(=O)NC(Cc1ccccc1)C(=O)O)CC(C)(C)O2. The number of hydrogen-bond donors (Lipinski definition) is 2. The Bertz CT molecular complexity index is 1690. The molecule has 0 saturated heterocycles. The number of amides is 1. The van der Waals surface area contributed by atoms with E-state index in [2.05, 4.69) is 10.5 Å². The zero-order valence-electron chi connectivity index (χ0n) is 23.0. The molecule has 9 heteroatoms. The number of carboxylic acid groups (broad SMARTS) is 1. The number of carbonyl (C=O) groups excluding carboxylic acids is 1. The van der Waals surface area contributed by atoms with Crippen molar-refractivity contribution in [3.8, 4) is 16.9 Å². The summed E-state index contributed by atoms with van der Waals surface area (Å²) in [5.41, 5.74) is 3.52. The van der Waals surface area contributed by atoms with Gasteiger partial charge in [-0.15, -0.1) is 0 Å². The van der Waals surface area contributed by atoms with E-state index in [-0.39, 0.29) is 6.42 Å². The monoisotopic (exact) mass is 554 g/mol. The summed E-state index contributed by atoms with van der Waals surface area (Å²) in [4.78, 5) is 42.3. The van der Waals surface area contributed by atoms with Crippen LogP contribution in [0.5, 0.6) is 5.75 Å². The number of aryl methyl sites for hydroxylation is 1. The van der Waals surface area contributed by atoms with Crippen LogP contribution in [0.2, 0.25) is 0 Å². The van der Waals surface area contributed by atoms with E-state index in [1.807, 2.05) is 75.4 Å². The highest BCUT2D eigenvalue weighted by Crippen LogP contribution is 2.41. The van der Waals surface area contributed by atoms with Crippen LogP contribution in [0.25, 0.3) is 22.1 Å². The van der Waals surface area contributed by atoms with Crippen molar-refractivity contribution in [2.24, 2.45) is 5.16 Å². The first kappa shape index (κ1) is 27.6. The summed E-state index contributed by atoms with van der Waals surface area (Å²) >= 11 is 0. The maximum absolute atomic E-state index is 12.6. The predicted octanol–water partition coefficient (Wildman–Crippen LogP) is 4.86. The molecule has 1 aliphatic heterocycles. The van der Waals surface area contributed by atoms with Gasteiger partial charge in [0.1, 0.15) is 23.0 Å². The molecule has 9 nitrogen and oxygen atoms in total. The van der Waals surface area contributed by atoms with Crippen molar-refractivity contribution in [2.75, 3.05) is 6.61 Å².